The highest BCUT2D eigenvalue weighted by Gasteiger charge is 2.09. The molecular weight excluding hydrogens is 234 g/mol. The molecule has 0 atom stereocenters. The van der Waals surface area contributed by atoms with Gasteiger partial charge >= 0.3 is 0 Å². The summed E-state index contributed by atoms with van der Waals surface area (Å²) in [5.41, 5.74) is 2.05. The van der Waals surface area contributed by atoms with Crippen molar-refractivity contribution in [2.75, 3.05) is 5.32 Å². The van der Waals surface area contributed by atoms with E-state index in [1.165, 1.54) is 11.3 Å². The molecule has 1 aromatic carbocycles. The van der Waals surface area contributed by atoms with Crippen LogP contribution in [0, 0.1) is 18.3 Å². The molecule has 0 saturated carbocycles. The second-order valence-electron chi connectivity index (χ2n) is 3.44. The van der Waals surface area contributed by atoms with Crippen molar-refractivity contribution in [2.24, 2.45) is 0 Å². The molecule has 5 heteroatoms. The van der Waals surface area contributed by atoms with Crippen molar-refractivity contribution >= 4 is 22.9 Å². The van der Waals surface area contributed by atoms with Gasteiger partial charge in [0.15, 0.2) is 5.01 Å². The Morgan fingerprint density at radius 2 is 2.12 bits per heavy atom. The zero-order valence-corrected chi connectivity index (χ0v) is 9.91. The van der Waals surface area contributed by atoms with Gasteiger partial charge in [0.25, 0.3) is 5.91 Å². The standard InChI is InChI=1S/C12H9N3OS/c1-8-7-17-12(14-8)11(16)15-10-4-2-9(6-13)3-5-10/h2-5,7H,1H3,(H,15,16). The highest BCUT2D eigenvalue weighted by Crippen LogP contribution is 2.13. The number of nitrogens with zero attached hydrogens (tertiary/aromatic N) is 2. The summed E-state index contributed by atoms with van der Waals surface area (Å²) in [7, 11) is 0. The molecule has 0 aliphatic heterocycles. The summed E-state index contributed by atoms with van der Waals surface area (Å²) < 4.78 is 0. The van der Waals surface area contributed by atoms with Crippen LogP contribution in [0.1, 0.15) is 21.1 Å². The molecule has 17 heavy (non-hydrogen) atoms. The zero-order valence-electron chi connectivity index (χ0n) is 9.10. The fraction of sp³-hybridized carbons (Fsp3) is 0.0833. The smallest absolute Gasteiger partial charge is 0.284 e. The first kappa shape index (κ1) is 11.3. The van der Waals surface area contributed by atoms with E-state index in [1.54, 1.807) is 24.3 Å². The van der Waals surface area contributed by atoms with Crippen LogP contribution in [0.15, 0.2) is 29.6 Å². The van der Waals surface area contributed by atoms with Crippen LogP contribution in [-0.4, -0.2) is 10.9 Å². The number of nitrogens with one attached hydrogen (secondary N) is 1. The maximum atomic E-state index is 11.8. The number of nitriles is 1. The Labute approximate surface area is 103 Å². The second-order valence-corrected chi connectivity index (χ2v) is 4.30. The first-order chi connectivity index (χ1) is 8.19. The van der Waals surface area contributed by atoms with Gasteiger partial charge in [-0.1, -0.05) is 0 Å². The maximum absolute atomic E-state index is 11.8. The summed E-state index contributed by atoms with van der Waals surface area (Å²) in [6.45, 7) is 1.84. The number of carbonyl (C=O) groups is 1. The minimum Gasteiger partial charge on any atom is -0.320 e. The van der Waals surface area contributed by atoms with Gasteiger partial charge in [-0.2, -0.15) is 5.26 Å². The van der Waals surface area contributed by atoms with Gasteiger partial charge in [0.05, 0.1) is 11.6 Å². The molecular formula is C12H9N3OS. The fourth-order valence-electron chi connectivity index (χ4n) is 1.27. The lowest BCUT2D eigenvalue weighted by atomic mass is 10.2. The van der Waals surface area contributed by atoms with Gasteiger partial charge in [-0.3, -0.25) is 4.79 Å². The molecule has 1 N–H and O–H groups in total. The van der Waals surface area contributed by atoms with Crippen molar-refractivity contribution in [3.63, 3.8) is 0 Å². The summed E-state index contributed by atoms with van der Waals surface area (Å²) in [5.74, 6) is -0.229. The number of hydrogen-bond donors (Lipinski definition) is 1. The number of rotatable bonds is 2. The minimum absolute atomic E-state index is 0.229. The van der Waals surface area contributed by atoms with Crippen LogP contribution in [-0.2, 0) is 0 Å². The molecule has 0 fully saturated rings. The zero-order chi connectivity index (χ0) is 12.3. The molecule has 1 heterocycles. The third-order valence-electron chi connectivity index (χ3n) is 2.09. The summed E-state index contributed by atoms with van der Waals surface area (Å²) in [5, 5.41) is 13.6. The lowest BCUT2D eigenvalue weighted by Crippen LogP contribution is -2.11. The number of aryl methyl sites for hydroxylation is 1. The van der Waals surface area contributed by atoms with Gasteiger partial charge in [-0.25, -0.2) is 4.98 Å². The molecule has 1 aromatic heterocycles. The Morgan fingerprint density at radius 1 is 1.41 bits per heavy atom. The Hall–Kier alpha value is -2.19. The normalized spacial score (nSPS) is 9.65. The molecule has 0 bridgehead atoms. The molecule has 2 rings (SSSR count). The molecule has 2 aromatic rings. The monoisotopic (exact) mass is 243 g/mol. The highest BCUT2D eigenvalue weighted by molar-refractivity contribution is 7.11. The lowest BCUT2D eigenvalue weighted by Gasteiger charge is -2.02. The van der Waals surface area contributed by atoms with Crippen LogP contribution in [0.25, 0.3) is 0 Å². The van der Waals surface area contributed by atoms with Crippen molar-refractivity contribution in [1.29, 1.82) is 5.26 Å². The van der Waals surface area contributed by atoms with Gasteiger partial charge < -0.3 is 5.32 Å². The van der Waals surface area contributed by atoms with Crippen LogP contribution < -0.4 is 5.32 Å². The average molecular weight is 243 g/mol. The first-order valence-corrected chi connectivity index (χ1v) is 5.80. The number of thiazole rings is 1. The molecule has 1 amide bonds. The number of amides is 1. The van der Waals surface area contributed by atoms with E-state index < -0.39 is 0 Å². The van der Waals surface area contributed by atoms with Crippen molar-refractivity contribution < 1.29 is 4.79 Å². The van der Waals surface area contributed by atoms with Crippen LogP contribution >= 0.6 is 11.3 Å². The maximum Gasteiger partial charge on any atom is 0.284 e. The predicted molar refractivity (Wildman–Crippen MR) is 66.0 cm³/mol. The van der Waals surface area contributed by atoms with Crippen LogP contribution in [0.3, 0.4) is 0 Å². The van der Waals surface area contributed by atoms with Crippen LogP contribution in [0.2, 0.25) is 0 Å². The summed E-state index contributed by atoms with van der Waals surface area (Å²) in [6, 6.07) is 8.71. The van der Waals surface area contributed by atoms with E-state index in [2.05, 4.69) is 10.3 Å². The SMILES string of the molecule is Cc1csc(C(=O)Nc2ccc(C#N)cc2)n1. The van der Waals surface area contributed by atoms with E-state index in [1.807, 2.05) is 18.4 Å². The van der Waals surface area contributed by atoms with E-state index in [-0.39, 0.29) is 5.91 Å². The predicted octanol–water partition coefficient (Wildman–Crippen LogP) is 2.58. The van der Waals surface area contributed by atoms with E-state index in [9.17, 15) is 4.79 Å². The van der Waals surface area contributed by atoms with E-state index in [0.717, 1.165) is 5.69 Å². The Morgan fingerprint density at radius 3 is 2.65 bits per heavy atom. The van der Waals surface area contributed by atoms with Crippen LogP contribution in [0.5, 0.6) is 0 Å². The largest absolute Gasteiger partial charge is 0.320 e. The molecule has 0 saturated heterocycles. The van der Waals surface area contributed by atoms with Gasteiger partial charge in [0, 0.05) is 16.8 Å². The van der Waals surface area contributed by atoms with Crippen molar-refractivity contribution in [3.8, 4) is 6.07 Å². The van der Waals surface area contributed by atoms with E-state index in [0.29, 0.717) is 16.3 Å². The second kappa shape index (κ2) is 4.76. The molecule has 0 aliphatic rings. The Kier molecular flexibility index (Phi) is 3.17. The topological polar surface area (TPSA) is 65.8 Å². The Balaban J connectivity index is 2.11. The number of anilines is 1. The Bertz CT molecular complexity index is 581. The van der Waals surface area contributed by atoms with Gasteiger partial charge in [-0.15, -0.1) is 11.3 Å². The first-order valence-electron chi connectivity index (χ1n) is 4.92. The third kappa shape index (κ3) is 2.68. The third-order valence-corrected chi connectivity index (χ3v) is 3.04. The van der Waals surface area contributed by atoms with Crippen molar-refractivity contribution in [1.82, 2.24) is 4.98 Å². The van der Waals surface area contributed by atoms with Gasteiger partial charge in [0.2, 0.25) is 0 Å². The number of carbonyl (C=O) groups excluding carboxylic acids is 1. The molecule has 0 unspecified atom stereocenters. The van der Waals surface area contributed by atoms with E-state index in [4.69, 9.17) is 5.26 Å². The highest BCUT2D eigenvalue weighted by atomic mass is 32.1. The summed E-state index contributed by atoms with van der Waals surface area (Å²) in [4.78, 5) is 15.8. The number of benzene rings is 1. The number of aromatic nitrogens is 1. The summed E-state index contributed by atoms with van der Waals surface area (Å²) >= 11 is 1.31. The lowest BCUT2D eigenvalue weighted by molar-refractivity contribution is 0.102. The number of hydrogen-bond acceptors (Lipinski definition) is 4. The van der Waals surface area contributed by atoms with Crippen LogP contribution in [0.4, 0.5) is 5.69 Å². The fourth-order valence-corrected chi connectivity index (χ4v) is 1.96. The average Bonchev–Trinajstić information content (AvgIpc) is 2.77. The van der Waals surface area contributed by atoms with Gasteiger partial charge in [0.1, 0.15) is 0 Å². The van der Waals surface area contributed by atoms with E-state index >= 15 is 0 Å². The molecule has 4 nitrogen and oxygen atoms in total. The molecule has 0 spiro atoms. The van der Waals surface area contributed by atoms with Crippen molar-refractivity contribution in [3.05, 3.63) is 45.9 Å². The molecule has 0 radical (unpaired) electrons. The minimum atomic E-state index is -0.229. The quantitative estimate of drug-likeness (QED) is 0.881. The van der Waals surface area contributed by atoms with Gasteiger partial charge in [-0.05, 0) is 31.2 Å². The molecule has 84 valence electrons. The van der Waals surface area contributed by atoms with Crippen molar-refractivity contribution in [2.45, 2.75) is 6.92 Å². The molecule has 0 aliphatic carbocycles. The summed E-state index contributed by atoms with van der Waals surface area (Å²) in [6.07, 6.45) is 0.